The van der Waals surface area contributed by atoms with Crippen molar-refractivity contribution in [2.24, 2.45) is 0 Å². The molecule has 0 saturated carbocycles. The molecule has 0 unspecified atom stereocenters. The molecular formula is C22H21N3O4. The SMILES string of the molecule is CCN1C(=O)COc2ccc(NC(=O)c3cc(-c4ccc(C)c(C)c4)on3)cc21. The summed E-state index contributed by atoms with van der Waals surface area (Å²) >= 11 is 0. The number of rotatable bonds is 4. The number of carbonyl (C=O) groups excluding carboxylic acids is 2. The Balaban J connectivity index is 1.55. The molecule has 1 N–H and O–H groups in total. The van der Waals surface area contributed by atoms with E-state index in [-0.39, 0.29) is 18.2 Å². The summed E-state index contributed by atoms with van der Waals surface area (Å²) in [5.41, 5.74) is 4.54. The molecule has 0 aliphatic carbocycles. The van der Waals surface area contributed by atoms with Crippen LogP contribution in [0.1, 0.15) is 28.5 Å². The van der Waals surface area contributed by atoms with Gasteiger partial charge in [0.2, 0.25) is 0 Å². The topological polar surface area (TPSA) is 84.7 Å². The van der Waals surface area contributed by atoms with Crippen LogP contribution < -0.4 is 15.0 Å². The zero-order chi connectivity index (χ0) is 20.5. The Morgan fingerprint density at radius 3 is 2.72 bits per heavy atom. The van der Waals surface area contributed by atoms with Gasteiger partial charge in [-0.15, -0.1) is 0 Å². The second kappa shape index (κ2) is 7.43. The second-order valence-corrected chi connectivity index (χ2v) is 6.94. The van der Waals surface area contributed by atoms with Crippen LogP contribution >= 0.6 is 0 Å². The predicted octanol–water partition coefficient (Wildman–Crippen LogP) is 3.96. The van der Waals surface area contributed by atoms with Gasteiger partial charge in [-0.25, -0.2) is 0 Å². The minimum atomic E-state index is -0.394. The summed E-state index contributed by atoms with van der Waals surface area (Å²) < 4.78 is 10.8. The number of nitrogens with one attached hydrogen (secondary N) is 1. The maximum absolute atomic E-state index is 12.6. The highest BCUT2D eigenvalue weighted by Gasteiger charge is 2.25. The summed E-state index contributed by atoms with van der Waals surface area (Å²) in [6, 6.07) is 12.7. The number of likely N-dealkylation sites (N-methyl/N-ethyl adjacent to an activating group) is 1. The number of hydrogen-bond donors (Lipinski definition) is 1. The van der Waals surface area contributed by atoms with Crippen molar-refractivity contribution in [1.29, 1.82) is 0 Å². The van der Waals surface area contributed by atoms with E-state index in [2.05, 4.69) is 10.5 Å². The number of benzene rings is 2. The molecule has 2 amide bonds. The minimum Gasteiger partial charge on any atom is -0.482 e. The molecule has 0 saturated heterocycles. The molecule has 0 bridgehead atoms. The maximum atomic E-state index is 12.6. The van der Waals surface area contributed by atoms with Gasteiger partial charge in [0.25, 0.3) is 11.8 Å². The lowest BCUT2D eigenvalue weighted by atomic mass is 10.0. The van der Waals surface area contributed by atoms with Crippen molar-refractivity contribution in [3.05, 3.63) is 59.3 Å². The molecule has 4 rings (SSSR count). The first-order valence-corrected chi connectivity index (χ1v) is 9.39. The largest absolute Gasteiger partial charge is 0.482 e. The van der Waals surface area contributed by atoms with Crippen LogP contribution in [0.4, 0.5) is 11.4 Å². The number of aromatic nitrogens is 1. The Hall–Kier alpha value is -3.61. The standard InChI is InChI=1S/C22H21N3O4/c1-4-25-18-10-16(7-8-19(18)28-12-21(25)26)23-22(27)17-11-20(29-24-17)15-6-5-13(2)14(3)9-15/h5-11H,4,12H2,1-3H3,(H,23,27). The third-order valence-corrected chi connectivity index (χ3v) is 5.01. The summed E-state index contributed by atoms with van der Waals surface area (Å²) in [6.07, 6.45) is 0. The van der Waals surface area contributed by atoms with Crippen molar-refractivity contribution >= 4 is 23.2 Å². The van der Waals surface area contributed by atoms with Crippen molar-refractivity contribution in [2.75, 3.05) is 23.4 Å². The number of ether oxygens (including phenoxy) is 1. The third-order valence-electron chi connectivity index (χ3n) is 5.01. The van der Waals surface area contributed by atoms with Gasteiger partial charge in [-0.2, -0.15) is 0 Å². The number of carbonyl (C=O) groups is 2. The summed E-state index contributed by atoms with van der Waals surface area (Å²) in [4.78, 5) is 26.3. The lowest BCUT2D eigenvalue weighted by molar-refractivity contribution is -0.121. The van der Waals surface area contributed by atoms with E-state index in [1.807, 2.05) is 39.0 Å². The van der Waals surface area contributed by atoms with E-state index in [1.54, 1.807) is 29.2 Å². The van der Waals surface area contributed by atoms with Crippen molar-refractivity contribution < 1.29 is 18.8 Å². The molecule has 148 valence electrons. The first-order chi connectivity index (χ1) is 14.0. The first kappa shape index (κ1) is 18.7. The summed E-state index contributed by atoms with van der Waals surface area (Å²) in [5.74, 6) is 0.635. The average molecular weight is 391 g/mol. The molecule has 7 heteroatoms. The van der Waals surface area contributed by atoms with Gasteiger partial charge in [0.1, 0.15) is 5.75 Å². The fourth-order valence-electron chi connectivity index (χ4n) is 3.23. The van der Waals surface area contributed by atoms with Crippen molar-refractivity contribution in [2.45, 2.75) is 20.8 Å². The number of hydrogen-bond acceptors (Lipinski definition) is 5. The molecule has 2 aromatic carbocycles. The molecule has 0 fully saturated rings. The number of fused-ring (bicyclic) bond motifs is 1. The molecule has 0 atom stereocenters. The highest BCUT2D eigenvalue weighted by atomic mass is 16.5. The monoisotopic (exact) mass is 391 g/mol. The second-order valence-electron chi connectivity index (χ2n) is 6.94. The summed E-state index contributed by atoms with van der Waals surface area (Å²) in [5, 5.41) is 6.69. The number of aryl methyl sites for hydroxylation is 2. The van der Waals surface area contributed by atoms with Crippen molar-refractivity contribution in [3.8, 4) is 17.1 Å². The number of anilines is 2. The molecule has 3 aromatic rings. The Morgan fingerprint density at radius 1 is 1.14 bits per heavy atom. The molecule has 7 nitrogen and oxygen atoms in total. The summed E-state index contributed by atoms with van der Waals surface area (Å²) in [6.45, 7) is 6.49. The minimum absolute atomic E-state index is 0.0206. The van der Waals surface area contributed by atoms with Crippen LogP contribution in [0.25, 0.3) is 11.3 Å². The van der Waals surface area contributed by atoms with Crippen LogP contribution in [0.3, 0.4) is 0 Å². The lowest BCUT2D eigenvalue weighted by Gasteiger charge is -2.28. The molecule has 2 heterocycles. The quantitative estimate of drug-likeness (QED) is 0.728. The van der Waals surface area contributed by atoms with E-state index in [9.17, 15) is 9.59 Å². The van der Waals surface area contributed by atoms with Crippen LogP contribution in [0.5, 0.6) is 5.75 Å². The molecule has 0 radical (unpaired) electrons. The highest BCUT2D eigenvalue weighted by molar-refractivity contribution is 6.04. The zero-order valence-electron chi connectivity index (χ0n) is 16.5. The van der Waals surface area contributed by atoms with E-state index in [1.165, 1.54) is 5.56 Å². The molecule has 29 heavy (non-hydrogen) atoms. The third kappa shape index (κ3) is 3.59. The van der Waals surface area contributed by atoms with Gasteiger partial charge < -0.3 is 19.5 Å². The first-order valence-electron chi connectivity index (χ1n) is 9.39. The van der Waals surface area contributed by atoms with Crippen molar-refractivity contribution in [1.82, 2.24) is 5.16 Å². The average Bonchev–Trinajstić information content (AvgIpc) is 3.20. The van der Waals surface area contributed by atoms with E-state index in [4.69, 9.17) is 9.26 Å². The molecule has 1 aliphatic heterocycles. The van der Waals surface area contributed by atoms with E-state index < -0.39 is 5.91 Å². The van der Waals surface area contributed by atoms with Gasteiger partial charge in [-0.1, -0.05) is 17.3 Å². The number of nitrogens with zero attached hydrogens (tertiary/aromatic N) is 2. The van der Waals surface area contributed by atoms with Crippen molar-refractivity contribution in [3.63, 3.8) is 0 Å². The lowest BCUT2D eigenvalue weighted by Crippen LogP contribution is -2.38. The van der Waals surface area contributed by atoms with Gasteiger partial charge in [-0.05, 0) is 56.2 Å². The Labute approximate surface area is 168 Å². The van der Waals surface area contributed by atoms with Crippen LogP contribution in [-0.4, -0.2) is 30.1 Å². The Morgan fingerprint density at radius 2 is 1.97 bits per heavy atom. The van der Waals surface area contributed by atoms with Crippen LogP contribution in [0.2, 0.25) is 0 Å². The molecule has 1 aliphatic rings. The van der Waals surface area contributed by atoms with Gasteiger partial charge in [0, 0.05) is 23.9 Å². The normalized spacial score (nSPS) is 13.1. The van der Waals surface area contributed by atoms with Crippen LogP contribution in [0.15, 0.2) is 47.0 Å². The molecular weight excluding hydrogens is 370 g/mol. The Kier molecular flexibility index (Phi) is 4.80. The van der Waals surface area contributed by atoms with Gasteiger partial charge in [-0.3, -0.25) is 9.59 Å². The molecule has 0 spiro atoms. The van der Waals surface area contributed by atoms with Gasteiger partial charge in [0.05, 0.1) is 5.69 Å². The van der Waals surface area contributed by atoms with Gasteiger partial charge in [0.15, 0.2) is 18.1 Å². The van der Waals surface area contributed by atoms with Crippen LogP contribution in [0, 0.1) is 13.8 Å². The van der Waals surface area contributed by atoms with Gasteiger partial charge >= 0.3 is 0 Å². The van der Waals surface area contributed by atoms with E-state index in [0.717, 1.165) is 11.1 Å². The zero-order valence-corrected chi connectivity index (χ0v) is 16.5. The number of amides is 2. The fourth-order valence-corrected chi connectivity index (χ4v) is 3.23. The fraction of sp³-hybridized carbons (Fsp3) is 0.227. The highest BCUT2D eigenvalue weighted by Crippen LogP contribution is 2.34. The van der Waals surface area contributed by atoms with Crippen LogP contribution in [-0.2, 0) is 4.79 Å². The summed E-state index contributed by atoms with van der Waals surface area (Å²) in [7, 11) is 0. The molecule has 1 aromatic heterocycles. The Bertz CT molecular complexity index is 1100. The maximum Gasteiger partial charge on any atom is 0.277 e. The predicted molar refractivity (Wildman–Crippen MR) is 109 cm³/mol. The van der Waals surface area contributed by atoms with E-state index >= 15 is 0 Å². The van der Waals surface area contributed by atoms with E-state index in [0.29, 0.717) is 29.4 Å². The smallest absolute Gasteiger partial charge is 0.277 e.